The zero-order valence-electron chi connectivity index (χ0n) is 17.0. The van der Waals surface area contributed by atoms with Gasteiger partial charge in [-0.2, -0.15) is 0 Å². The van der Waals surface area contributed by atoms with E-state index in [1.165, 1.54) is 10.6 Å². The van der Waals surface area contributed by atoms with E-state index in [1.54, 1.807) is 18.3 Å². The van der Waals surface area contributed by atoms with E-state index in [0.717, 1.165) is 83.3 Å². The third-order valence-electron chi connectivity index (χ3n) is 6.40. The minimum atomic E-state index is 0.114. The number of fused-ring (bicyclic) bond motifs is 1. The van der Waals surface area contributed by atoms with Gasteiger partial charge in [0.15, 0.2) is 5.13 Å². The molecule has 154 valence electrons. The van der Waals surface area contributed by atoms with Crippen molar-refractivity contribution in [3.8, 4) is 0 Å². The molecule has 3 heterocycles. The highest BCUT2D eigenvalue weighted by molar-refractivity contribution is 7.15. The van der Waals surface area contributed by atoms with Gasteiger partial charge in [-0.3, -0.25) is 9.59 Å². The van der Waals surface area contributed by atoms with Crippen molar-refractivity contribution in [3.05, 3.63) is 10.6 Å². The second kappa shape index (κ2) is 8.37. The average molecular weight is 406 g/mol. The Balaban J connectivity index is 1.36. The van der Waals surface area contributed by atoms with E-state index in [4.69, 9.17) is 4.98 Å². The number of likely N-dealkylation sites (N-methyl/N-ethyl adjacent to an activating group) is 1. The Bertz CT molecular complexity index is 720. The van der Waals surface area contributed by atoms with Crippen molar-refractivity contribution >= 4 is 28.3 Å². The number of carbonyl (C=O) groups is 2. The standard InChI is InChI=1S/C20H31N5O2S/c1-3-22-6-8-24(9-7-22)19(27)16-4-5-17-18(14-16)28-20(21-17)25-12-10-23(11-13-25)15(2)26/h16H,3-14H2,1-2H3/t16-/m1/s1. The van der Waals surface area contributed by atoms with Crippen molar-refractivity contribution in [2.45, 2.75) is 33.1 Å². The minimum absolute atomic E-state index is 0.114. The fraction of sp³-hybridized carbons (Fsp3) is 0.750. The number of nitrogens with zero attached hydrogens (tertiary/aromatic N) is 5. The summed E-state index contributed by atoms with van der Waals surface area (Å²) in [6.07, 6.45) is 2.67. The summed E-state index contributed by atoms with van der Waals surface area (Å²) in [5.74, 6) is 0.606. The summed E-state index contributed by atoms with van der Waals surface area (Å²) in [7, 11) is 0. The summed E-state index contributed by atoms with van der Waals surface area (Å²) in [4.78, 5) is 39.4. The normalized spacial score (nSPS) is 23.6. The van der Waals surface area contributed by atoms with Crippen LogP contribution in [0.25, 0.3) is 0 Å². The SMILES string of the molecule is CCN1CCN(C(=O)[C@@H]2CCc3nc(N4CCN(C(C)=O)CC4)sc3C2)CC1. The summed E-state index contributed by atoms with van der Waals surface area (Å²) in [6, 6.07) is 0. The molecule has 2 saturated heterocycles. The zero-order valence-corrected chi connectivity index (χ0v) is 17.8. The molecule has 0 saturated carbocycles. The first-order valence-electron chi connectivity index (χ1n) is 10.5. The van der Waals surface area contributed by atoms with E-state index < -0.39 is 0 Å². The Hall–Kier alpha value is -1.67. The van der Waals surface area contributed by atoms with Crippen LogP contribution < -0.4 is 4.90 Å². The summed E-state index contributed by atoms with van der Waals surface area (Å²) in [5.41, 5.74) is 1.19. The zero-order chi connectivity index (χ0) is 19.7. The second-order valence-electron chi connectivity index (χ2n) is 8.06. The summed E-state index contributed by atoms with van der Waals surface area (Å²) in [6.45, 7) is 11.8. The molecule has 1 aromatic heterocycles. The van der Waals surface area contributed by atoms with Gasteiger partial charge in [-0.1, -0.05) is 6.92 Å². The minimum Gasteiger partial charge on any atom is -0.345 e. The fourth-order valence-corrected chi connectivity index (χ4v) is 5.70. The fourth-order valence-electron chi connectivity index (χ4n) is 4.46. The number of anilines is 1. The van der Waals surface area contributed by atoms with Crippen molar-refractivity contribution in [2.75, 3.05) is 63.8 Å². The molecule has 0 bridgehead atoms. The van der Waals surface area contributed by atoms with Gasteiger partial charge in [0.1, 0.15) is 0 Å². The Morgan fingerprint density at radius 2 is 1.71 bits per heavy atom. The summed E-state index contributed by atoms with van der Waals surface area (Å²) >= 11 is 1.76. The van der Waals surface area contributed by atoms with Crippen LogP contribution in [0.5, 0.6) is 0 Å². The third kappa shape index (κ3) is 4.03. The molecule has 0 spiro atoms. The van der Waals surface area contributed by atoms with Gasteiger partial charge in [0.05, 0.1) is 5.69 Å². The molecule has 2 amide bonds. The van der Waals surface area contributed by atoms with Crippen LogP contribution in [0.1, 0.15) is 30.8 Å². The van der Waals surface area contributed by atoms with Gasteiger partial charge in [-0.25, -0.2) is 4.98 Å². The molecule has 4 rings (SSSR count). The number of amides is 2. The number of aromatic nitrogens is 1. The molecule has 1 atom stereocenters. The van der Waals surface area contributed by atoms with E-state index in [1.807, 2.05) is 4.90 Å². The first kappa shape index (κ1) is 19.6. The van der Waals surface area contributed by atoms with E-state index in [-0.39, 0.29) is 11.8 Å². The molecule has 0 radical (unpaired) electrons. The van der Waals surface area contributed by atoms with Crippen LogP contribution in [-0.4, -0.2) is 90.4 Å². The Labute approximate surface area is 171 Å². The lowest BCUT2D eigenvalue weighted by molar-refractivity contribution is -0.137. The number of hydrogen-bond acceptors (Lipinski definition) is 6. The van der Waals surface area contributed by atoms with Crippen LogP contribution in [0.3, 0.4) is 0 Å². The first-order valence-corrected chi connectivity index (χ1v) is 11.4. The maximum absolute atomic E-state index is 13.0. The van der Waals surface area contributed by atoms with Crippen molar-refractivity contribution in [3.63, 3.8) is 0 Å². The average Bonchev–Trinajstić information content (AvgIpc) is 3.16. The van der Waals surface area contributed by atoms with Gasteiger partial charge in [0.2, 0.25) is 11.8 Å². The first-order chi connectivity index (χ1) is 13.5. The van der Waals surface area contributed by atoms with Crippen molar-refractivity contribution < 1.29 is 9.59 Å². The predicted molar refractivity (Wildman–Crippen MR) is 111 cm³/mol. The van der Waals surface area contributed by atoms with E-state index in [2.05, 4.69) is 21.6 Å². The molecule has 7 nitrogen and oxygen atoms in total. The Morgan fingerprint density at radius 1 is 1.04 bits per heavy atom. The molecule has 0 aromatic carbocycles. The molecule has 8 heteroatoms. The van der Waals surface area contributed by atoms with Gasteiger partial charge in [-0.15, -0.1) is 11.3 Å². The lowest BCUT2D eigenvalue weighted by Crippen LogP contribution is -2.50. The maximum atomic E-state index is 13.0. The predicted octanol–water partition coefficient (Wildman–Crippen LogP) is 1.08. The molecular weight excluding hydrogens is 374 g/mol. The Morgan fingerprint density at radius 3 is 2.36 bits per heavy atom. The van der Waals surface area contributed by atoms with E-state index in [9.17, 15) is 9.59 Å². The summed E-state index contributed by atoms with van der Waals surface area (Å²) in [5, 5.41) is 1.07. The lowest BCUT2D eigenvalue weighted by Gasteiger charge is -2.36. The van der Waals surface area contributed by atoms with Gasteiger partial charge in [0, 0.05) is 70.1 Å². The highest BCUT2D eigenvalue weighted by Gasteiger charge is 2.32. The molecule has 3 aliphatic rings. The number of thiazole rings is 1. The van der Waals surface area contributed by atoms with Crippen LogP contribution in [0, 0.1) is 5.92 Å². The quantitative estimate of drug-likeness (QED) is 0.753. The number of rotatable bonds is 3. The van der Waals surface area contributed by atoms with E-state index >= 15 is 0 Å². The van der Waals surface area contributed by atoms with Crippen LogP contribution in [0.4, 0.5) is 5.13 Å². The smallest absolute Gasteiger partial charge is 0.226 e. The third-order valence-corrected chi connectivity index (χ3v) is 7.59. The number of aryl methyl sites for hydroxylation is 1. The highest BCUT2D eigenvalue weighted by atomic mass is 32.1. The van der Waals surface area contributed by atoms with Gasteiger partial charge in [0.25, 0.3) is 0 Å². The van der Waals surface area contributed by atoms with Crippen LogP contribution in [-0.2, 0) is 22.4 Å². The summed E-state index contributed by atoms with van der Waals surface area (Å²) < 4.78 is 0. The molecule has 0 N–H and O–H groups in total. The number of hydrogen-bond donors (Lipinski definition) is 0. The monoisotopic (exact) mass is 405 g/mol. The van der Waals surface area contributed by atoms with Crippen LogP contribution in [0.2, 0.25) is 0 Å². The molecule has 28 heavy (non-hydrogen) atoms. The largest absolute Gasteiger partial charge is 0.345 e. The Kier molecular flexibility index (Phi) is 5.87. The maximum Gasteiger partial charge on any atom is 0.226 e. The van der Waals surface area contributed by atoms with Crippen molar-refractivity contribution in [1.29, 1.82) is 0 Å². The molecule has 1 aromatic rings. The second-order valence-corrected chi connectivity index (χ2v) is 9.12. The van der Waals surface area contributed by atoms with E-state index in [0.29, 0.717) is 5.91 Å². The molecule has 2 aliphatic heterocycles. The van der Waals surface area contributed by atoms with Gasteiger partial charge >= 0.3 is 0 Å². The molecular formula is C20H31N5O2S. The van der Waals surface area contributed by atoms with Crippen molar-refractivity contribution in [2.24, 2.45) is 5.92 Å². The number of piperazine rings is 2. The molecule has 0 unspecified atom stereocenters. The van der Waals surface area contributed by atoms with Crippen LogP contribution in [0.15, 0.2) is 0 Å². The van der Waals surface area contributed by atoms with Gasteiger partial charge < -0.3 is 19.6 Å². The number of carbonyl (C=O) groups excluding carboxylic acids is 2. The topological polar surface area (TPSA) is 60.0 Å². The van der Waals surface area contributed by atoms with Crippen molar-refractivity contribution in [1.82, 2.24) is 19.7 Å². The van der Waals surface area contributed by atoms with Crippen LogP contribution >= 0.6 is 11.3 Å². The molecule has 1 aliphatic carbocycles. The molecule has 2 fully saturated rings. The lowest BCUT2D eigenvalue weighted by atomic mass is 9.90. The van der Waals surface area contributed by atoms with Gasteiger partial charge in [-0.05, 0) is 25.8 Å². The highest BCUT2D eigenvalue weighted by Crippen LogP contribution is 2.35.